The molecule has 19 atom stereocenters. The van der Waals surface area contributed by atoms with Gasteiger partial charge in [-0.1, -0.05) is 36.4 Å². The first-order valence-electron chi connectivity index (χ1n) is 40.7. The molecular formula is C78H106N20O34S3. The van der Waals surface area contributed by atoms with Crippen LogP contribution in [0.4, 0.5) is 0 Å². The molecule has 0 radical (unpaired) electrons. The summed E-state index contributed by atoms with van der Waals surface area (Å²) in [5.41, 5.74) is 18.5. The highest BCUT2D eigenvalue weighted by atomic mass is 32.1. The summed E-state index contributed by atoms with van der Waals surface area (Å²) in [6, 6.07) is -19.5. The lowest BCUT2D eigenvalue weighted by molar-refractivity contribution is -0.144. The van der Waals surface area contributed by atoms with Gasteiger partial charge in [-0.3, -0.25) is 110 Å². The Kier molecular flexibility index (Phi) is 45.7. The summed E-state index contributed by atoms with van der Waals surface area (Å²) in [5, 5.41) is 133. The number of carbonyl (C=O) groups is 24. The number of fused-ring (bicyclic) bond motifs is 2. The van der Waals surface area contributed by atoms with E-state index in [1.807, 2.05) is 21.3 Å². The van der Waals surface area contributed by atoms with Crippen molar-refractivity contribution in [3.05, 3.63) is 72.1 Å². The molecule has 57 heteroatoms. The molecule has 740 valence electrons. The van der Waals surface area contributed by atoms with Crippen molar-refractivity contribution in [2.24, 2.45) is 17.2 Å². The highest BCUT2D eigenvalue weighted by Gasteiger charge is 2.42. The monoisotopic (exact) mass is 1960 g/mol. The van der Waals surface area contributed by atoms with Gasteiger partial charge in [0.1, 0.15) is 90.6 Å². The topological polar surface area (TPSA) is 902 Å². The number of carboxylic acids is 7. The number of benzene rings is 2. The largest absolute Gasteiger partial charge is 0.481 e. The number of aliphatic carboxylic acids is 7. The molecule has 0 fully saturated rings. The normalized spacial score (nSPS) is 15.3. The van der Waals surface area contributed by atoms with E-state index >= 15 is 0 Å². The van der Waals surface area contributed by atoms with Gasteiger partial charge in [-0.15, -0.1) is 0 Å². The first kappa shape index (κ1) is 113. The number of aliphatic hydroxyl groups is 3. The van der Waals surface area contributed by atoms with Crippen molar-refractivity contribution < 1.29 is 166 Å². The van der Waals surface area contributed by atoms with E-state index in [1.165, 1.54) is 18.3 Å². The van der Waals surface area contributed by atoms with Gasteiger partial charge in [-0.25, -0.2) is 4.79 Å². The van der Waals surface area contributed by atoms with Crippen molar-refractivity contribution in [3.8, 4) is 0 Å². The summed E-state index contributed by atoms with van der Waals surface area (Å²) in [6.45, 7) is 2.76. The lowest BCUT2D eigenvalue weighted by Crippen LogP contribution is -2.63. The van der Waals surface area contributed by atoms with E-state index in [-0.39, 0.29) is 12.0 Å². The maximum Gasteiger partial charge on any atom is 0.326 e. The quantitative estimate of drug-likeness (QED) is 0.0183. The lowest BCUT2D eigenvalue weighted by atomic mass is 10.0. The maximum atomic E-state index is 14.7. The van der Waals surface area contributed by atoms with Gasteiger partial charge in [-0.2, -0.15) is 37.9 Å². The van der Waals surface area contributed by atoms with E-state index in [0.29, 0.717) is 27.4 Å². The van der Waals surface area contributed by atoms with E-state index in [9.17, 15) is 166 Å². The summed E-state index contributed by atoms with van der Waals surface area (Å²) < 4.78 is 0. The molecule has 0 unspecified atom stereocenters. The Morgan fingerprint density at radius 2 is 0.533 bits per heavy atom. The molecule has 2 aromatic heterocycles. The van der Waals surface area contributed by atoms with Crippen molar-refractivity contribution in [1.29, 1.82) is 0 Å². The van der Waals surface area contributed by atoms with Crippen LogP contribution in [0.1, 0.15) is 103 Å². The van der Waals surface area contributed by atoms with Gasteiger partial charge < -0.3 is 158 Å². The Morgan fingerprint density at radius 1 is 0.296 bits per heavy atom. The number of aliphatic hydroxyl groups excluding tert-OH is 3. The predicted molar refractivity (Wildman–Crippen MR) is 470 cm³/mol. The number of carbonyl (C=O) groups excluding carboxylic acids is 17. The van der Waals surface area contributed by atoms with Gasteiger partial charge in [0.15, 0.2) is 0 Å². The van der Waals surface area contributed by atoms with Crippen molar-refractivity contribution >= 4 is 202 Å². The van der Waals surface area contributed by atoms with E-state index in [4.69, 9.17) is 17.2 Å². The SMILES string of the molecule is C[C@@H](O)[C@H](NC(=O)[C@H](CCC(=O)O)NC(=O)[C@H](CC(=O)O)NC(=O)[C@H](Cc1c[nH]c2ccccc12)NC(=O)[C@H](CC(=O)O)NC(=O)[C@H](CCC(=O)O)NC(=O)[C@@H](NC(=O)[C@H](CS)NC(=O)[C@H](CC(N)=O)NC(=O)[C@H](CS)NC(=O)[C@@H](NC(=O)[C@H](CCC(=O)O)NC(=O)[C@H](CC(=O)O)NC(=O)[C@@H](N)Cc1c[nH]c2ccccc12)[C@@H](C)O)[C@@H](C)O)C(=O)N[C@@H](CS)C(=O)N[C@@H](CC(N)=O)C(=O)O. The molecule has 0 saturated heterocycles. The first-order chi connectivity index (χ1) is 63.3. The Hall–Kier alpha value is -14.3. The third kappa shape index (κ3) is 37.3. The number of aromatic amines is 2. The minimum absolute atomic E-state index is 0.116. The van der Waals surface area contributed by atoms with Gasteiger partial charge in [0.2, 0.25) is 100 Å². The fourth-order valence-corrected chi connectivity index (χ4v) is 13.5. The van der Waals surface area contributed by atoms with Crippen LogP contribution in [0.15, 0.2) is 60.9 Å². The Labute approximate surface area is 779 Å². The van der Waals surface area contributed by atoms with E-state index in [1.54, 1.807) is 42.6 Å². The van der Waals surface area contributed by atoms with Crippen LogP contribution in [0.2, 0.25) is 0 Å². The van der Waals surface area contributed by atoms with Crippen molar-refractivity contribution in [2.75, 3.05) is 17.3 Å². The van der Waals surface area contributed by atoms with Crippen LogP contribution < -0.4 is 97.0 Å². The van der Waals surface area contributed by atoms with Crippen LogP contribution in [0.5, 0.6) is 0 Å². The molecule has 54 nitrogen and oxygen atoms in total. The smallest absolute Gasteiger partial charge is 0.326 e. The molecule has 4 rings (SSSR count). The standard InChI is InChI=1S/C78H106N20O34S3/c1-30(99)60(98-74(127)51(29-135)93-68(121)44(20-52(80)102)89-72(125)49(27-133)94-76(129)61(31(2)100)96-65(118)41(13-16-55(106)107)84-69(122)45(22-57(110)111)87-63(116)37(79)18-33-25-82-38-10-6-4-8-35(33)38)75(128)86-40(12-15-54(104)105)64(117)90-47(24-59(114)115)71(124)88-43(19-34-26-83-39-11-7-5-9-36(34)39)67(120)91-46(23-58(112)113)70(123)85-42(14-17-56(108)109)66(119)97-62(32(3)101)77(130)95-50(28-134)73(126)92-48(78(131)132)21-53(81)103/h4-11,25-26,30-32,37,40-51,60-62,82-83,99-101,133-135H,12-24,27-29,79H2,1-3H3,(H2,80,102)(H2,81,103)(H,84,122)(H,85,123)(H,86,128)(H,87,116)(H,88,124)(H,89,125)(H,90,117)(H,91,120)(H,92,126)(H,93,121)(H,94,129)(H,95,130)(H,96,118)(H,97,119)(H,98,127)(H,104,105)(H,106,107)(H,108,109)(H,110,111)(H,112,113)(H,114,115)(H,131,132)/t30-,31-,32-,37+,40+,41+,42+,43+,44+,45+,46+,47+,48+,49+,50+,51+,60+,61+,62+/m1/s1. The third-order valence-corrected chi connectivity index (χ3v) is 20.8. The highest BCUT2D eigenvalue weighted by molar-refractivity contribution is 7.80. The zero-order chi connectivity index (χ0) is 102. The molecule has 17 amide bonds. The van der Waals surface area contributed by atoms with Gasteiger partial charge in [0.25, 0.3) is 0 Å². The first-order valence-corrected chi connectivity index (χ1v) is 42.6. The lowest BCUT2D eigenvalue weighted by Gasteiger charge is -2.29. The summed E-state index contributed by atoms with van der Waals surface area (Å²) in [4.78, 5) is 324. The number of hydrogen-bond donors (Lipinski definition) is 33. The van der Waals surface area contributed by atoms with Crippen molar-refractivity contribution in [3.63, 3.8) is 0 Å². The Bertz CT molecular complexity index is 5050. The van der Waals surface area contributed by atoms with E-state index in [0.717, 1.165) is 20.8 Å². The average molecular weight is 1960 g/mol. The number of thiol groups is 3. The summed E-state index contributed by atoms with van der Waals surface area (Å²) in [6.07, 6.45) is -15.2. The number of para-hydroxylation sites is 2. The van der Waals surface area contributed by atoms with Crippen LogP contribution in [0.3, 0.4) is 0 Å². The summed E-state index contributed by atoms with van der Waals surface area (Å²) in [5.74, 6) is -37.8. The molecular weight excluding hydrogens is 1860 g/mol. The van der Waals surface area contributed by atoms with Crippen molar-refractivity contribution in [2.45, 2.75) is 219 Å². The minimum atomic E-state index is -2.38. The Balaban J connectivity index is 1.57. The number of nitrogens with two attached hydrogens (primary N) is 3. The molecule has 0 bridgehead atoms. The fraction of sp³-hybridized carbons (Fsp3) is 0.487. The molecule has 0 spiro atoms. The number of primary amides is 2. The van der Waals surface area contributed by atoms with Crippen molar-refractivity contribution in [1.82, 2.24) is 89.7 Å². The average Bonchev–Trinajstić information content (AvgIpc) is 1.72. The zero-order valence-corrected chi connectivity index (χ0v) is 74.6. The third-order valence-electron chi connectivity index (χ3n) is 19.8. The molecule has 33 N–H and O–H groups in total. The number of aromatic nitrogens is 2. The molecule has 0 aliphatic carbocycles. The summed E-state index contributed by atoms with van der Waals surface area (Å²) >= 11 is 12.1. The Morgan fingerprint density at radius 3 is 0.844 bits per heavy atom. The molecule has 0 aliphatic rings. The fourth-order valence-electron chi connectivity index (χ4n) is 12.7. The van der Waals surface area contributed by atoms with Gasteiger partial charge in [-0.05, 0) is 69.7 Å². The van der Waals surface area contributed by atoms with Crippen LogP contribution in [0.25, 0.3) is 21.8 Å². The van der Waals surface area contributed by atoms with Gasteiger partial charge in [0, 0.05) is 77.1 Å². The highest BCUT2D eigenvalue weighted by Crippen LogP contribution is 2.22. The van der Waals surface area contributed by atoms with Crippen LogP contribution >= 0.6 is 37.9 Å². The van der Waals surface area contributed by atoms with E-state index < -0.39 is 351 Å². The molecule has 0 aliphatic heterocycles. The van der Waals surface area contributed by atoms with Crippen LogP contribution in [0, 0.1) is 0 Å². The molecule has 0 saturated carbocycles. The van der Waals surface area contributed by atoms with E-state index in [2.05, 4.69) is 106 Å². The number of carboxylic acid groups (broad SMARTS) is 7. The number of amides is 17. The van der Waals surface area contributed by atoms with Gasteiger partial charge >= 0.3 is 41.8 Å². The molecule has 2 heterocycles. The number of H-pyrrole nitrogens is 2. The molecule has 2 aromatic carbocycles. The summed E-state index contributed by atoms with van der Waals surface area (Å²) in [7, 11) is 0. The number of rotatable bonds is 60. The van der Waals surface area contributed by atoms with Crippen LogP contribution in [-0.2, 0) is 128 Å². The predicted octanol–water partition coefficient (Wildman–Crippen LogP) is -11.2. The number of nitrogens with one attached hydrogen (secondary N) is 17. The van der Waals surface area contributed by atoms with Gasteiger partial charge in [0.05, 0.1) is 56.5 Å². The maximum absolute atomic E-state index is 14.7. The second-order valence-electron chi connectivity index (χ2n) is 30.5. The second kappa shape index (κ2) is 54.6. The molecule has 135 heavy (non-hydrogen) atoms. The zero-order valence-electron chi connectivity index (χ0n) is 71.9. The number of hydrogen-bond acceptors (Lipinski definition) is 31. The minimum Gasteiger partial charge on any atom is -0.481 e. The van der Waals surface area contributed by atoms with Crippen LogP contribution in [-0.4, -0.2) is 335 Å². The second-order valence-corrected chi connectivity index (χ2v) is 31.6. The molecule has 4 aromatic rings.